The number of rotatable bonds is 2. The number of nitrogens with zero attached hydrogens (tertiary/aromatic N) is 4. The van der Waals surface area contributed by atoms with E-state index in [9.17, 15) is 9.59 Å². The van der Waals surface area contributed by atoms with Crippen molar-refractivity contribution < 1.29 is 14.3 Å². The Morgan fingerprint density at radius 1 is 1.19 bits per heavy atom. The van der Waals surface area contributed by atoms with E-state index in [0.29, 0.717) is 24.1 Å². The zero-order valence-corrected chi connectivity index (χ0v) is 16.1. The van der Waals surface area contributed by atoms with E-state index in [2.05, 4.69) is 10.1 Å². The number of hydrogen-bond acceptors (Lipinski definition) is 5. The van der Waals surface area contributed by atoms with Crippen molar-refractivity contribution in [3.63, 3.8) is 0 Å². The van der Waals surface area contributed by atoms with Gasteiger partial charge < -0.3 is 9.64 Å². The first-order valence-corrected chi connectivity index (χ1v) is 9.67. The van der Waals surface area contributed by atoms with Crippen LogP contribution in [0.1, 0.15) is 63.2 Å². The highest BCUT2D eigenvalue weighted by molar-refractivity contribution is 6.02. The molecule has 4 rings (SSSR count). The molecule has 2 aromatic rings. The summed E-state index contributed by atoms with van der Waals surface area (Å²) in [6.07, 6.45) is 9.12. The first-order chi connectivity index (χ1) is 12.8. The van der Waals surface area contributed by atoms with Crippen molar-refractivity contribution in [2.45, 2.75) is 70.6 Å². The van der Waals surface area contributed by atoms with Crippen LogP contribution in [0.25, 0.3) is 5.65 Å². The highest BCUT2D eigenvalue weighted by Crippen LogP contribution is 2.39. The molecule has 2 unspecified atom stereocenters. The highest BCUT2D eigenvalue weighted by atomic mass is 16.6. The van der Waals surface area contributed by atoms with Gasteiger partial charge in [-0.2, -0.15) is 5.10 Å². The van der Waals surface area contributed by atoms with Crippen LogP contribution in [0.5, 0.6) is 0 Å². The minimum absolute atomic E-state index is 0.0658. The second kappa shape index (κ2) is 6.62. The zero-order valence-electron chi connectivity index (χ0n) is 16.1. The van der Waals surface area contributed by atoms with Gasteiger partial charge in [0.2, 0.25) is 0 Å². The Balaban J connectivity index is 1.54. The van der Waals surface area contributed by atoms with Crippen LogP contribution >= 0.6 is 0 Å². The average molecular weight is 370 g/mol. The molecule has 1 amide bonds. The Bertz CT molecular complexity index is 855. The van der Waals surface area contributed by atoms with E-state index < -0.39 is 5.60 Å². The first-order valence-electron chi connectivity index (χ1n) is 9.67. The fourth-order valence-corrected chi connectivity index (χ4v) is 4.43. The highest BCUT2D eigenvalue weighted by Gasteiger charge is 2.44. The summed E-state index contributed by atoms with van der Waals surface area (Å²) in [6.45, 7) is 5.65. The van der Waals surface area contributed by atoms with E-state index in [0.717, 1.165) is 19.3 Å². The van der Waals surface area contributed by atoms with Crippen LogP contribution in [0, 0.1) is 5.92 Å². The number of ketones is 1. The van der Waals surface area contributed by atoms with Crippen LogP contribution in [0.4, 0.5) is 4.79 Å². The summed E-state index contributed by atoms with van der Waals surface area (Å²) in [5, 5.41) is 4.24. The van der Waals surface area contributed by atoms with Gasteiger partial charge in [-0.15, -0.1) is 0 Å². The van der Waals surface area contributed by atoms with Gasteiger partial charge in [0.25, 0.3) is 0 Å². The van der Waals surface area contributed by atoms with Crippen LogP contribution in [-0.4, -0.2) is 49.1 Å². The number of carbonyl (C=O) groups is 2. The van der Waals surface area contributed by atoms with E-state index >= 15 is 0 Å². The van der Waals surface area contributed by atoms with Gasteiger partial charge in [-0.25, -0.2) is 14.3 Å². The van der Waals surface area contributed by atoms with E-state index in [1.54, 1.807) is 29.2 Å². The standard InChI is InChI=1S/C20H26N4O3/c1-20(2,3)27-19(26)24-14-6-4-7-15(24)11-13(10-14)17(25)16-12-22-23-9-5-8-21-18(16)23/h5,8-9,12-15H,4,6-7,10-11H2,1-3H3. The van der Waals surface area contributed by atoms with Crippen LogP contribution in [0.3, 0.4) is 0 Å². The number of hydrogen-bond donors (Lipinski definition) is 0. The third-order valence-electron chi connectivity index (χ3n) is 5.49. The number of piperidine rings is 2. The molecule has 0 saturated carbocycles. The quantitative estimate of drug-likeness (QED) is 0.757. The van der Waals surface area contributed by atoms with Gasteiger partial charge in [-0.05, 0) is 58.9 Å². The molecule has 2 saturated heterocycles. The summed E-state index contributed by atoms with van der Waals surface area (Å²) in [5.74, 6) is -0.0153. The molecule has 7 heteroatoms. The van der Waals surface area contributed by atoms with Crippen molar-refractivity contribution in [3.05, 3.63) is 30.2 Å². The number of amides is 1. The molecule has 2 atom stereocenters. The van der Waals surface area contributed by atoms with Gasteiger partial charge in [0.1, 0.15) is 5.60 Å². The largest absolute Gasteiger partial charge is 0.444 e. The monoisotopic (exact) mass is 370 g/mol. The van der Waals surface area contributed by atoms with Crippen molar-refractivity contribution in [1.82, 2.24) is 19.5 Å². The van der Waals surface area contributed by atoms with Crippen LogP contribution < -0.4 is 0 Å². The predicted molar refractivity (Wildman–Crippen MR) is 99.5 cm³/mol. The molecule has 144 valence electrons. The molecule has 0 N–H and O–H groups in total. The molecular weight excluding hydrogens is 344 g/mol. The van der Waals surface area contributed by atoms with E-state index in [1.165, 1.54) is 0 Å². The molecule has 2 aliphatic rings. The Kier molecular flexibility index (Phi) is 4.40. The Morgan fingerprint density at radius 2 is 1.89 bits per heavy atom. The summed E-state index contributed by atoms with van der Waals surface area (Å²) in [4.78, 5) is 32.1. The third-order valence-corrected chi connectivity index (χ3v) is 5.49. The fourth-order valence-electron chi connectivity index (χ4n) is 4.43. The van der Waals surface area contributed by atoms with Gasteiger partial charge in [-0.3, -0.25) is 4.79 Å². The lowest BCUT2D eigenvalue weighted by Crippen LogP contribution is -2.56. The second-order valence-corrected chi connectivity index (χ2v) is 8.60. The van der Waals surface area contributed by atoms with Gasteiger partial charge in [0.15, 0.2) is 11.4 Å². The lowest BCUT2D eigenvalue weighted by atomic mass is 9.76. The molecule has 0 spiro atoms. The number of ether oxygens (including phenoxy) is 1. The maximum Gasteiger partial charge on any atom is 0.410 e. The van der Waals surface area contributed by atoms with Crippen molar-refractivity contribution in [2.75, 3.05) is 0 Å². The van der Waals surface area contributed by atoms with E-state index in [1.807, 2.05) is 25.7 Å². The van der Waals surface area contributed by atoms with Crippen LogP contribution in [0.2, 0.25) is 0 Å². The minimum Gasteiger partial charge on any atom is -0.444 e. The summed E-state index contributed by atoms with van der Waals surface area (Å²) >= 11 is 0. The molecule has 2 bridgehead atoms. The topological polar surface area (TPSA) is 76.8 Å². The molecule has 0 aliphatic carbocycles. The summed E-state index contributed by atoms with van der Waals surface area (Å²) in [7, 11) is 0. The molecular formula is C20H26N4O3. The second-order valence-electron chi connectivity index (χ2n) is 8.60. The molecule has 7 nitrogen and oxygen atoms in total. The van der Waals surface area contributed by atoms with E-state index in [4.69, 9.17) is 4.74 Å². The lowest BCUT2D eigenvalue weighted by molar-refractivity contribution is -0.0260. The summed E-state index contributed by atoms with van der Waals surface area (Å²) < 4.78 is 7.25. The molecule has 0 aromatic carbocycles. The molecule has 27 heavy (non-hydrogen) atoms. The van der Waals surface area contributed by atoms with Crippen molar-refractivity contribution in [3.8, 4) is 0 Å². The maximum atomic E-state index is 13.2. The first kappa shape index (κ1) is 17.9. The van der Waals surface area contributed by atoms with Crippen LogP contribution in [0.15, 0.2) is 24.7 Å². The van der Waals surface area contributed by atoms with E-state index in [-0.39, 0.29) is 29.9 Å². The fraction of sp³-hybridized carbons (Fsp3) is 0.600. The van der Waals surface area contributed by atoms with Gasteiger partial charge in [0, 0.05) is 30.4 Å². The smallest absolute Gasteiger partial charge is 0.410 e. The minimum atomic E-state index is -0.513. The van der Waals surface area contributed by atoms with Crippen LogP contribution in [-0.2, 0) is 4.74 Å². The summed E-state index contributed by atoms with van der Waals surface area (Å²) in [6, 6.07) is 1.92. The number of fused-ring (bicyclic) bond motifs is 3. The van der Waals surface area contributed by atoms with Gasteiger partial charge >= 0.3 is 6.09 Å². The molecule has 2 fully saturated rings. The molecule has 0 radical (unpaired) electrons. The predicted octanol–water partition coefficient (Wildman–Crippen LogP) is 3.48. The Morgan fingerprint density at radius 3 is 2.56 bits per heavy atom. The van der Waals surface area contributed by atoms with Gasteiger partial charge in [0.05, 0.1) is 11.8 Å². The Labute approximate surface area is 158 Å². The van der Waals surface area contributed by atoms with Crippen molar-refractivity contribution >= 4 is 17.5 Å². The number of aromatic nitrogens is 3. The van der Waals surface area contributed by atoms with Gasteiger partial charge in [-0.1, -0.05) is 0 Å². The number of carbonyl (C=O) groups excluding carboxylic acids is 2. The molecule has 2 aliphatic heterocycles. The Hall–Kier alpha value is -2.44. The third kappa shape index (κ3) is 3.42. The molecule has 4 heterocycles. The number of Topliss-reactive ketones (excluding diaryl/α,β-unsaturated/α-hetero) is 1. The van der Waals surface area contributed by atoms with Crippen molar-refractivity contribution in [2.24, 2.45) is 5.92 Å². The molecule has 2 aromatic heterocycles. The lowest BCUT2D eigenvalue weighted by Gasteiger charge is -2.48. The normalized spacial score (nSPS) is 25.4. The maximum absolute atomic E-state index is 13.2. The summed E-state index contributed by atoms with van der Waals surface area (Å²) in [5.41, 5.74) is 0.660. The average Bonchev–Trinajstić information content (AvgIpc) is 3.02. The SMILES string of the molecule is CC(C)(C)OC(=O)N1C2CCCC1CC(C(=O)c1cnn3cccnc13)C2. The zero-order chi connectivity index (χ0) is 19.2. The van der Waals surface area contributed by atoms with Crippen molar-refractivity contribution in [1.29, 1.82) is 0 Å².